The van der Waals surface area contributed by atoms with Crippen LogP contribution in [0.5, 0.6) is 0 Å². The van der Waals surface area contributed by atoms with Crippen molar-refractivity contribution in [2.75, 3.05) is 33.0 Å². The van der Waals surface area contributed by atoms with Crippen LogP contribution < -0.4 is 0 Å². The normalized spacial score (nSPS) is 25.9. The van der Waals surface area contributed by atoms with Gasteiger partial charge in [0.15, 0.2) is 0 Å². The highest BCUT2D eigenvalue weighted by Gasteiger charge is 2.16. The molecule has 0 radical (unpaired) electrons. The first-order chi connectivity index (χ1) is 7.16. The largest absolute Gasteiger partial charge is 0.379 e. The Morgan fingerprint density at radius 3 is 2.33 bits per heavy atom. The van der Waals surface area contributed by atoms with E-state index in [2.05, 4.69) is 48.2 Å². The fourth-order valence-corrected chi connectivity index (χ4v) is 1.75. The van der Waals surface area contributed by atoms with Gasteiger partial charge in [0.05, 0.1) is 19.9 Å². The molecule has 0 atom stereocenters. The maximum absolute atomic E-state index is 5.33. The number of rotatable bonds is 2. The molecule has 2 rings (SSSR count). The Kier molecular flexibility index (Phi) is 3.12. The lowest BCUT2D eigenvalue weighted by molar-refractivity contribution is 0.0237. The molecule has 1 fully saturated rings. The lowest BCUT2D eigenvalue weighted by Crippen LogP contribution is -2.41. The molecular weight excluding hydrogens is 188 g/mol. The first kappa shape index (κ1) is 10.7. The van der Waals surface area contributed by atoms with Gasteiger partial charge in [0.25, 0.3) is 0 Å². The van der Waals surface area contributed by atoms with Gasteiger partial charge in [-0.2, -0.15) is 0 Å². The van der Waals surface area contributed by atoms with Gasteiger partial charge in [-0.15, -0.1) is 0 Å². The van der Waals surface area contributed by atoms with Gasteiger partial charge < -0.3 is 9.64 Å². The van der Waals surface area contributed by atoms with Gasteiger partial charge in [-0.3, -0.25) is 4.90 Å². The highest BCUT2D eigenvalue weighted by Crippen LogP contribution is 2.23. The lowest BCUT2D eigenvalue weighted by Gasteiger charge is -2.33. The van der Waals surface area contributed by atoms with Gasteiger partial charge in [0, 0.05) is 30.9 Å². The van der Waals surface area contributed by atoms with Crippen molar-refractivity contribution < 1.29 is 4.74 Å². The van der Waals surface area contributed by atoms with Gasteiger partial charge in [-0.05, 0) is 0 Å². The number of hydrogen-bond donors (Lipinski definition) is 0. The molecule has 3 heteroatoms. The molecule has 0 bridgehead atoms. The van der Waals surface area contributed by atoms with E-state index >= 15 is 0 Å². The summed E-state index contributed by atoms with van der Waals surface area (Å²) in [5.74, 6) is 0. The monoisotopic (exact) mass is 208 g/mol. The van der Waals surface area contributed by atoms with Crippen LogP contribution in [0.1, 0.15) is 13.8 Å². The number of ether oxygens (including phenoxy) is 1. The summed E-state index contributed by atoms with van der Waals surface area (Å²) < 4.78 is 5.33. The molecule has 0 unspecified atom stereocenters. The molecule has 3 nitrogen and oxygen atoms in total. The van der Waals surface area contributed by atoms with Crippen molar-refractivity contribution in [3.8, 4) is 0 Å². The third kappa shape index (κ3) is 3.08. The van der Waals surface area contributed by atoms with Gasteiger partial charge >= 0.3 is 0 Å². The lowest BCUT2D eigenvalue weighted by atomic mass is 9.92. The molecule has 84 valence electrons. The number of hydrogen-bond acceptors (Lipinski definition) is 3. The molecule has 0 spiro atoms. The third-order valence-electron chi connectivity index (χ3n) is 2.86. The molecule has 0 aromatic heterocycles. The zero-order valence-corrected chi connectivity index (χ0v) is 9.65. The van der Waals surface area contributed by atoms with Crippen LogP contribution in [0.2, 0.25) is 0 Å². The van der Waals surface area contributed by atoms with Crippen LogP contribution in [0.3, 0.4) is 0 Å². The van der Waals surface area contributed by atoms with Crippen LogP contribution in [0.15, 0.2) is 24.6 Å². The maximum Gasteiger partial charge on any atom is 0.0746 e. The highest BCUT2D eigenvalue weighted by atomic mass is 16.5. The van der Waals surface area contributed by atoms with Crippen LogP contribution in [0.4, 0.5) is 0 Å². The van der Waals surface area contributed by atoms with Crippen molar-refractivity contribution in [3.63, 3.8) is 0 Å². The zero-order chi connectivity index (χ0) is 10.7. The average Bonchev–Trinajstić information content (AvgIpc) is 2.23. The Labute approximate surface area is 92.0 Å². The second-order valence-corrected chi connectivity index (χ2v) is 4.84. The van der Waals surface area contributed by atoms with Crippen molar-refractivity contribution in [2.24, 2.45) is 5.41 Å². The maximum atomic E-state index is 5.33. The van der Waals surface area contributed by atoms with Crippen molar-refractivity contribution in [1.82, 2.24) is 9.80 Å². The summed E-state index contributed by atoms with van der Waals surface area (Å²) in [5, 5.41) is 0. The van der Waals surface area contributed by atoms with E-state index in [0.29, 0.717) is 0 Å². The SMILES string of the molecule is CC1(C)C=CN(CN2CCOCC2)C=C1. The van der Waals surface area contributed by atoms with Gasteiger partial charge in [-0.25, -0.2) is 0 Å². The van der Waals surface area contributed by atoms with E-state index in [-0.39, 0.29) is 5.41 Å². The Morgan fingerprint density at radius 1 is 1.13 bits per heavy atom. The molecule has 0 saturated carbocycles. The summed E-state index contributed by atoms with van der Waals surface area (Å²) in [4.78, 5) is 4.65. The Hall–Kier alpha value is -0.800. The molecule has 0 amide bonds. The van der Waals surface area contributed by atoms with Crippen LogP contribution in [0.25, 0.3) is 0 Å². The quantitative estimate of drug-likeness (QED) is 0.686. The first-order valence-corrected chi connectivity index (χ1v) is 5.60. The van der Waals surface area contributed by atoms with Crippen LogP contribution in [-0.2, 0) is 4.74 Å². The first-order valence-electron chi connectivity index (χ1n) is 5.60. The van der Waals surface area contributed by atoms with E-state index in [4.69, 9.17) is 4.74 Å². The smallest absolute Gasteiger partial charge is 0.0746 e. The number of morpholine rings is 1. The Balaban J connectivity index is 1.83. The van der Waals surface area contributed by atoms with Crippen molar-refractivity contribution in [3.05, 3.63) is 24.6 Å². The minimum absolute atomic E-state index is 0.210. The molecule has 0 aromatic carbocycles. The molecule has 0 aliphatic carbocycles. The summed E-state index contributed by atoms with van der Waals surface area (Å²) in [5.41, 5.74) is 0.210. The highest BCUT2D eigenvalue weighted by molar-refractivity contribution is 5.13. The summed E-state index contributed by atoms with van der Waals surface area (Å²) in [6.45, 7) is 9.23. The topological polar surface area (TPSA) is 15.7 Å². The molecule has 1 saturated heterocycles. The van der Waals surface area contributed by atoms with Crippen molar-refractivity contribution in [1.29, 1.82) is 0 Å². The van der Waals surface area contributed by atoms with Crippen LogP contribution >= 0.6 is 0 Å². The Bertz CT molecular complexity index is 249. The van der Waals surface area contributed by atoms with Crippen molar-refractivity contribution in [2.45, 2.75) is 13.8 Å². The summed E-state index contributed by atoms with van der Waals surface area (Å²) in [6, 6.07) is 0. The minimum atomic E-state index is 0.210. The summed E-state index contributed by atoms with van der Waals surface area (Å²) in [7, 11) is 0. The summed E-state index contributed by atoms with van der Waals surface area (Å²) >= 11 is 0. The zero-order valence-electron chi connectivity index (χ0n) is 9.65. The second kappa shape index (κ2) is 4.37. The standard InChI is InChI=1S/C12H20N2O/c1-12(2)3-5-13(6-4-12)11-14-7-9-15-10-8-14/h3-6H,7-11H2,1-2H3. The predicted molar refractivity (Wildman–Crippen MR) is 61.2 cm³/mol. The fraction of sp³-hybridized carbons (Fsp3) is 0.667. The van der Waals surface area contributed by atoms with Crippen molar-refractivity contribution >= 4 is 0 Å². The molecule has 0 aromatic rings. The van der Waals surface area contributed by atoms with E-state index in [1.165, 1.54) is 0 Å². The van der Waals surface area contributed by atoms with Gasteiger partial charge in [-0.1, -0.05) is 26.0 Å². The fourth-order valence-electron chi connectivity index (χ4n) is 1.75. The van der Waals surface area contributed by atoms with Gasteiger partial charge in [0.1, 0.15) is 0 Å². The minimum Gasteiger partial charge on any atom is -0.379 e. The van der Waals surface area contributed by atoms with E-state index in [9.17, 15) is 0 Å². The van der Waals surface area contributed by atoms with Gasteiger partial charge in [0.2, 0.25) is 0 Å². The summed E-state index contributed by atoms with van der Waals surface area (Å²) in [6.07, 6.45) is 8.84. The molecule has 2 heterocycles. The average molecular weight is 208 g/mol. The second-order valence-electron chi connectivity index (χ2n) is 4.84. The van der Waals surface area contributed by atoms with Crippen LogP contribution in [0, 0.1) is 5.41 Å². The molecule has 2 aliphatic rings. The number of allylic oxidation sites excluding steroid dienone is 2. The molecule has 2 aliphatic heterocycles. The molecule has 15 heavy (non-hydrogen) atoms. The molecular formula is C12H20N2O. The van der Waals surface area contributed by atoms with E-state index in [0.717, 1.165) is 33.0 Å². The number of nitrogens with zero attached hydrogens (tertiary/aromatic N) is 2. The van der Waals surface area contributed by atoms with Crippen LogP contribution in [-0.4, -0.2) is 42.8 Å². The Morgan fingerprint density at radius 2 is 1.73 bits per heavy atom. The van der Waals surface area contributed by atoms with E-state index in [1.807, 2.05) is 0 Å². The van der Waals surface area contributed by atoms with E-state index < -0.39 is 0 Å². The predicted octanol–water partition coefficient (Wildman–Crippen LogP) is 1.65. The third-order valence-corrected chi connectivity index (χ3v) is 2.86. The molecule has 0 N–H and O–H groups in total. The van der Waals surface area contributed by atoms with E-state index in [1.54, 1.807) is 0 Å².